The van der Waals surface area contributed by atoms with E-state index in [0.717, 1.165) is 74.3 Å². The van der Waals surface area contributed by atoms with Crippen LogP contribution < -0.4 is 10.6 Å². The van der Waals surface area contributed by atoms with Crippen LogP contribution in [0.4, 0.5) is 9.59 Å². The number of carbonyl (C=O) groups is 4. The highest BCUT2D eigenvalue weighted by atomic mass is 32.1. The molecule has 6 heterocycles. The van der Waals surface area contributed by atoms with E-state index in [4.69, 9.17) is 14.7 Å². The molecule has 7 rings (SSSR count). The molecule has 4 amide bonds. The third kappa shape index (κ3) is 7.63. The molecule has 0 saturated carbocycles. The fourth-order valence-electron chi connectivity index (χ4n) is 7.47. The molecule has 0 bridgehead atoms. The minimum Gasteiger partial charge on any atom is -0.465 e. The number of rotatable bonds is 9. The molecule has 4 atom stereocenters. The number of amides is 4. The normalized spacial score (nSPS) is 18.2. The molecule has 14 nitrogen and oxygen atoms in total. The number of hydrogen-bond acceptors (Lipinski definition) is 9. The fourth-order valence-corrected chi connectivity index (χ4v) is 9.77. The van der Waals surface area contributed by atoms with E-state index in [2.05, 4.69) is 43.2 Å². The Hall–Kier alpha value is -5.40. The van der Waals surface area contributed by atoms with Crippen LogP contribution >= 0.6 is 22.7 Å². The molecule has 2 aliphatic rings. The van der Waals surface area contributed by atoms with Gasteiger partial charge < -0.3 is 40.2 Å². The van der Waals surface area contributed by atoms with Crippen LogP contribution in [-0.4, -0.2) is 91.1 Å². The molecule has 5 N–H and O–H groups in total. The Labute approximate surface area is 326 Å². The number of nitrogens with one attached hydrogen (secondary N) is 4. The zero-order chi connectivity index (χ0) is 39.0. The maximum Gasteiger partial charge on any atom is 0.407 e. The van der Waals surface area contributed by atoms with Gasteiger partial charge in [0.2, 0.25) is 11.8 Å². The summed E-state index contributed by atoms with van der Waals surface area (Å²) < 4.78 is 6.95. The van der Waals surface area contributed by atoms with Crippen LogP contribution in [0.1, 0.15) is 88.2 Å². The highest BCUT2D eigenvalue weighted by Gasteiger charge is 2.39. The number of aromatic nitrogens is 4. The Morgan fingerprint density at radius 3 is 2.20 bits per heavy atom. The minimum atomic E-state index is -1.22. The molecule has 288 valence electrons. The second kappa shape index (κ2) is 15.8. The summed E-state index contributed by atoms with van der Waals surface area (Å²) in [5.74, 6) is 7.38. The van der Waals surface area contributed by atoms with Gasteiger partial charge in [-0.15, -0.1) is 22.7 Å². The Kier molecular flexibility index (Phi) is 10.9. The number of nitrogens with zero attached hydrogens (tertiary/aromatic N) is 4. The van der Waals surface area contributed by atoms with Gasteiger partial charge in [-0.25, -0.2) is 19.6 Å². The summed E-state index contributed by atoms with van der Waals surface area (Å²) in [5, 5.41) is 18.6. The van der Waals surface area contributed by atoms with Crippen molar-refractivity contribution in [1.29, 1.82) is 0 Å². The molecule has 16 heteroatoms. The second-order valence-electron chi connectivity index (χ2n) is 14.7. The van der Waals surface area contributed by atoms with Gasteiger partial charge in [0.05, 0.1) is 57.1 Å². The van der Waals surface area contributed by atoms with Crippen molar-refractivity contribution in [3.8, 4) is 23.1 Å². The number of fused-ring (bicyclic) bond motifs is 2. The molecule has 2 unspecified atom stereocenters. The van der Waals surface area contributed by atoms with Crippen molar-refractivity contribution in [2.75, 3.05) is 20.2 Å². The summed E-state index contributed by atoms with van der Waals surface area (Å²) in [6, 6.07) is 3.81. The van der Waals surface area contributed by atoms with E-state index in [-0.39, 0.29) is 35.7 Å². The Morgan fingerprint density at radius 1 is 0.891 bits per heavy atom. The summed E-state index contributed by atoms with van der Waals surface area (Å²) in [4.78, 5) is 70.3. The van der Waals surface area contributed by atoms with Gasteiger partial charge in [-0.05, 0) is 55.7 Å². The molecule has 2 fully saturated rings. The summed E-state index contributed by atoms with van der Waals surface area (Å²) in [6.07, 6.45) is 3.13. The van der Waals surface area contributed by atoms with E-state index in [1.165, 1.54) is 7.11 Å². The number of imidazole rings is 2. The molecule has 1 aromatic carbocycles. The molecule has 5 aromatic rings. The predicted octanol–water partition coefficient (Wildman–Crippen LogP) is 6.63. The minimum absolute atomic E-state index is 0.113. The lowest BCUT2D eigenvalue weighted by atomic mass is 10.0. The van der Waals surface area contributed by atoms with E-state index >= 15 is 0 Å². The van der Waals surface area contributed by atoms with Crippen LogP contribution in [-0.2, 0) is 14.3 Å². The van der Waals surface area contributed by atoms with E-state index in [1.54, 1.807) is 27.6 Å². The molecule has 2 saturated heterocycles. The van der Waals surface area contributed by atoms with E-state index in [1.807, 2.05) is 57.0 Å². The van der Waals surface area contributed by atoms with Crippen LogP contribution in [0.3, 0.4) is 0 Å². The third-order valence-corrected chi connectivity index (χ3v) is 12.5. The van der Waals surface area contributed by atoms with Gasteiger partial charge in [0.25, 0.3) is 0 Å². The number of carbonyl (C=O) groups excluding carboxylic acids is 3. The quantitative estimate of drug-likeness (QED) is 0.103. The molecule has 4 aromatic heterocycles. The fraction of sp³-hybridized carbons (Fsp3) is 0.436. The number of ether oxygens (including phenoxy) is 1. The SMILES string of the molecule is COC(=O)N[C@H](C(=O)N1CCCC1c1ncc(-c2csc3c(C#Cc4ccc5nc(C6CCCN6C(=O)[C@H](NC(=O)O)C(C)C)[nH]c5c4)csc23)[nH]1)C(C)C. The van der Waals surface area contributed by atoms with Gasteiger partial charge in [-0.2, -0.15) is 0 Å². The van der Waals surface area contributed by atoms with E-state index in [0.29, 0.717) is 18.9 Å². The molecule has 0 radical (unpaired) electrons. The third-order valence-electron chi connectivity index (χ3n) is 10.3. The lowest BCUT2D eigenvalue weighted by Gasteiger charge is -2.30. The molecule has 2 aliphatic heterocycles. The highest BCUT2D eigenvalue weighted by Crippen LogP contribution is 2.41. The summed E-state index contributed by atoms with van der Waals surface area (Å²) >= 11 is 3.25. The first-order chi connectivity index (χ1) is 26.4. The van der Waals surface area contributed by atoms with Crippen molar-refractivity contribution in [1.82, 2.24) is 40.4 Å². The van der Waals surface area contributed by atoms with Crippen LogP contribution in [0.25, 0.3) is 31.7 Å². The maximum atomic E-state index is 13.6. The van der Waals surface area contributed by atoms with Gasteiger partial charge in [0, 0.05) is 35.0 Å². The monoisotopic (exact) mass is 784 g/mol. The first-order valence-corrected chi connectivity index (χ1v) is 20.2. The summed E-state index contributed by atoms with van der Waals surface area (Å²) in [5.41, 5.74) is 5.24. The number of thiophene rings is 2. The van der Waals surface area contributed by atoms with Crippen LogP contribution in [0, 0.1) is 23.7 Å². The average molecular weight is 785 g/mol. The lowest BCUT2D eigenvalue weighted by molar-refractivity contribution is -0.136. The maximum absolute atomic E-state index is 13.6. The lowest BCUT2D eigenvalue weighted by Crippen LogP contribution is -2.51. The molecule has 55 heavy (non-hydrogen) atoms. The second-order valence-corrected chi connectivity index (χ2v) is 16.4. The average Bonchev–Trinajstić information content (AvgIpc) is 4.00. The largest absolute Gasteiger partial charge is 0.465 e. The van der Waals surface area contributed by atoms with Crippen molar-refractivity contribution in [3.63, 3.8) is 0 Å². The van der Waals surface area contributed by atoms with Crippen molar-refractivity contribution in [3.05, 3.63) is 57.9 Å². The zero-order valence-electron chi connectivity index (χ0n) is 31.3. The van der Waals surface area contributed by atoms with E-state index < -0.39 is 24.3 Å². The van der Waals surface area contributed by atoms with Crippen molar-refractivity contribution >= 4 is 67.1 Å². The van der Waals surface area contributed by atoms with Gasteiger partial charge in [0.1, 0.15) is 23.7 Å². The van der Waals surface area contributed by atoms with Gasteiger partial charge in [0.15, 0.2) is 0 Å². The number of hydrogen-bond donors (Lipinski definition) is 5. The number of carboxylic acid groups (broad SMARTS) is 1. The number of methoxy groups -OCH3 is 1. The highest BCUT2D eigenvalue weighted by molar-refractivity contribution is 7.27. The predicted molar refractivity (Wildman–Crippen MR) is 211 cm³/mol. The number of alkyl carbamates (subject to hydrolysis) is 1. The standard InChI is InChI=1S/C39H44N8O6S2/c1-20(2)30(44-38(50)51)36(48)47-15-7-9-29(47)35-41-25-13-11-22(16-26(25)42-35)10-12-23-18-54-33-24(19-55-32(23)33)27-17-40-34(43-27)28-8-6-14-46(28)37(49)31(21(3)4)45-39(52)53-5/h11,13,16-21,28-31,44H,6-9,14-15H2,1-5H3,(H,40,43)(H,41,42)(H,45,52)(H,50,51)/t28?,29?,30-,31+/m1/s1. The Morgan fingerprint density at radius 2 is 1.55 bits per heavy atom. The number of benzene rings is 1. The molecular weight excluding hydrogens is 741 g/mol. The summed E-state index contributed by atoms with van der Waals surface area (Å²) in [7, 11) is 1.29. The van der Waals surface area contributed by atoms with Crippen molar-refractivity contribution in [2.24, 2.45) is 11.8 Å². The molecule has 0 spiro atoms. The van der Waals surface area contributed by atoms with Crippen LogP contribution in [0.15, 0.2) is 35.2 Å². The van der Waals surface area contributed by atoms with Crippen molar-refractivity contribution < 1.29 is 29.0 Å². The number of aromatic amines is 2. The van der Waals surface area contributed by atoms with Gasteiger partial charge in [-0.1, -0.05) is 39.5 Å². The zero-order valence-corrected chi connectivity index (χ0v) is 32.9. The van der Waals surface area contributed by atoms with Crippen molar-refractivity contribution in [2.45, 2.75) is 77.5 Å². The van der Waals surface area contributed by atoms with Gasteiger partial charge >= 0.3 is 12.2 Å². The van der Waals surface area contributed by atoms with Gasteiger partial charge in [-0.3, -0.25) is 9.59 Å². The van der Waals surface area contributed by atoms with Crippen LogP contribution in [0.5, 0.6) is 0 Å². The Balaban J connectivity index is 1.07. The molecule has 0 aliphatic carbocycles. The smallest absolute Gasteiger partial charge is 0.407 e. The first kappa shape index (κ1) is 37.9. The van der Waals surface area contributed by atoms with Crippen LogP contribution in [0.2, 0.25) is 0 Å². The number of likely N-dealkylation sites (tertiary alicyclic amines) is 2. The summed E-state index contributed by atoms with van der Waals surface area (Å²) in [6.45, 7) is 8.58. The Bertz CT molecular complexity index is 2310. The molecular formula is C39H44N8O6S2. The first-order valence-electron chi connectivity index (χ1n) is 18.4. The van der Waals surface area contributed by atoms with E-state index in [9.17, 15) is 24.3 Å². The number of H-pyrrole nitrogens is 2. The topological polar surface area (TPSA) is 186 Å².